The van der Waals surface area contributed by atoms with Crippen molar-refractivity contribution < 1.29 is 18.9 Å². The van der Waals surface area contributed by atoms with Gasteiger partial charge in [-0.2, -0.15) is 15.1 Å². The highest BCUT2D eigenvalue weighted by molar-refractivity contribution is 6.05. The van der Waals surface area contributed by atoms with Crippen molar-refractivity contribution in [1.29, 1.82) is 0 Å². The highest BCUT2D eigenvalue weighted by Crippen LogP contribution is 2.27. The van der Waals surface area contributed by atoms with Gasteiger partial charge in [-0.25, -0.2) is 0 Å². The number of morpholine rings is 2. The summed E-state index contributed by atoms with van der Waals surface area (Å²) >= 11 is 0. The molecule has 1 aromatic heterocycles. The molecule has 1 aromatic carbocycles. The Labute approximate surface area is 199 Å². The maximum absolute atomic E-state index is 5.97. The number of nitrogens with zero attached hydrogens (tertiary/aromatic N) is 5. The Morgan fingerprint density at radius 1 is 1.00 bits per heavy atom. The van der Waals surface area contributed by atoms with E-state index in [0.717, 1.165) is 81.6 Å². The van der Waals surface area contributed by atoms with Gasteiger partial charge in [0.15, 0.2) is 5.82 Å². The molecular formula is C24H32N6O4. The van der Waals surface area contributed by atoms with Gasteiger partial charge in [0.05, 0.1) is 39.2 Å². The van der Waals surface area contributed by atoms with Crippen molar-refractivity contribution in [2.75, 3.05) is 83.2 Å². The summed E-state index contributed by atoms with van der Waals surface area (Å²) in [5.74, 6) is 2.31. The third-order valence-electron chi connectivity index (χ3n) is 6.33. The molecule has 182 valence electrons. The average molecular weight is 469 g/mol. The first-order chi connectivity index (χ1) is 16.8. The van der Waals surface area contributed by atoms with Crippen LogP contribution in [0.3, 0.4) is 0 Å². The van der Waals surface area contributed by atoms with Crippen molar-refractivity contribution in [2.24, 2.45) is 5.10 Å². The van der Waals surface area contributed by atoms with Crippen molar-refractivity contribution in [3.63, 3.8) is 0 Å². The fraction of sp³-hybridized carbons (Fsp3) is 0.542. The number of aromatic nitrogens is 2. The molecule has 0 saturated carbocycles. The van der Waals surface area contributed by atoms with E-state index in [0.29, 0.717) is 31.6 Å². The molecule has 0 atom stereocenters. The summed E-state index contributed by atoms with van der Waals surface area (Å²) in [6.07, 6.45) is 1.82. The lowest BCUT2D eigenvalue weighted by molar-refractivity contribution is 0.0317. The quantitative estimate of drug-likeness (QED) is 0.582. The van der Waals surface area contributed by atoms with Crippen molar-refractivity contribution in [2.45, 2.75) is 12.8 Å². The molecule has 0 radical (unpaired) electrons. The first-order valence-corrected chi connectivity index (χ1v) is 11.9. The number of hydrogen-bond donors (Lipinski definition) is 1. The number of hydrogen-bond acceptors (Lipinski definition) is 10. The summed E-state index contributed by atoms with van der Waals surface area (Å²) < 4.78 is 22.2. The van der Waals surface area contributed by atoms with E-state index in [9.17, 15) is 0 Å². The zero-order chi connectivity index (χ0) is 23.2. The normalized spacial score (nSPS) is 19.8. The van der Waals surface area contributed by atoms with Crippen molar-refractivity contribution >= 4 is 17.3 Å². The van der Waals surface area contributed by atoms with Crippen LogP contribution in [-0.4, -0.2) is 93.4 Å². The summed E-state index contributed by atoms with van der Waals surface area (Å²) in [6, 6.07) is 8.41. The molecule has 2 fully saturated rings. The fourth-order valence-corrected chi connectivity index (χ4v) is 4.39. The van der Waals surface area contributed by atoms with Gasteiger partial charge in [0, 0.05) is 44.4 Å². The Hall–Kier alpha value is -2.95. The van der Waals surface area contributed by atoms with Crippen LogP contribution in [-0.2, 0) is 15.9 Å². The maximum Gasteiger partial charge on any atom is 0.320 e. The zero-order valence-corrected chi connectivity index (χ0v) is 19.7. The van der Waals surface area contributed by atoms with Gasteiger partial charge in [0.1, 0.15) is 18.2 Å². The van der Waals surface area contributed by atoms with Crippen LogP contribution in [0.1, 0.15) is 17.5 Å². The van der Waals surface area contributed by atoms with Gasteiger partial charge in [-0.1, -0.05) is 0 Å². The Morgan fingerprint density at radius 2 is 1.79 bits per heavy atom. The number of methoxy groups -OCH3 is 1. The Kier molecular flexibility index (Phi) is 7.37. The average Bonchev–Trinajstić information content (AvgIpc) is 3.30. The number of nitrogens with one attached hydrogen (secondary N) is 1. The topological polar surface area (TPSA) is 93.6 Å². The van der Waals surface area contributed by atoms with Crippen molar-refractivity contribution in [3.05, 3.63) is 35.4 Å². The van der Waals surface area contributed by atoms with Crippen LogP contribution in [0.25, 0.3) is 0 Å². The van der Waals surface area contributed by atoms with E-state index >= 15 is 0 Å². The number of fused-ring (bicyclic) bond motifs is 1. The van der Waals surface area contributed by atoms with Gasteiger partial charge in [0.25, 0.3) is 0 Å². The smallest absolute Gasteiger partial charge is 0.320 e. The predicted molar refractivity (Wildman–Crippen MR) is 129 cm³/mol. The number of hydrazone groups is 1. The summed E-state index contributed by atoms with van der Waals surface area (Å²) in [5.41, 5.74) is 6.57. The molecule has 34 heavy (non-hydrogen) atoms. The molecule has 0 bridgehead atoms. The minimum absolute atomic E-state index is 0.358. The molecule has 0 spiro atoms. The van der Waals surface area contributed by atoms with Crippen LogP contribution in [0.15, 0.2) is 29.4 Å². The van der Waals surface area contributed by atoms with Crippen LogP contribution >= 0.6 is 0 Å². The van der Waals surface area contributed by atoms with Gasteiger partial charge in [0.2, 0.25) is 0 Å². The Bertz CT molecular complexity index is 1000. The molecule has 10 heteroatoms. The van der Waals surface area contributed by atoms with Gasteiger partial charge < -0.3 is 23.8 Å². The molecular weight excluding hydrogens is 436 g/mol. The number of ether oxygens (including phenoxy) is 4. The van der Waals surface area contributed by atoms with Crippen LogP contribution in [0.5, 0.6) is 11.8 Å². The molecule has 0 amide bonds. The van der Waals surface area contributed by atoms with Gasteiger partial charge in [-0.3, -0.25) is 10.3 Å². The molecule has 1 aliphatic carbocycles. The lowest BCUT2D eigenvalue weighted by Gasteiger charge is -2.28. The fourth-order valence-electron chi connectivity index (χ4n) is 4.39. The Morgan fingerprint density at radius 3 is 2.59 bits per heavy atom. The van der Waals surface area contributed by atoms with E-state index in [4.69, 9.17) is 18.9 Å². The second kappa shape index (κ2) is 11.0. The minimum Gasteiger partial charge on any atom is -0.497 e. The van der Waals surface area contributed by atoms with E-state index in [2.05, 4.69) is 42.4 Å². The van der Waals surface area contributed by atoms with Crippen LogP contribution in [0, 0.1) is 0 Å². The summed E-state index contributed by atoms with van der Waals surface area (Å²) in [7, 11) is 1.69. The van der Waals surface area contributed by atoms with Gasteiger partial charge in [-0.05, 0) is 36.6 Å². The van der Waals surface area contributed by atoms with Crippen LogP contribution < -0.4 is 19.8 Å². The largest absolute Gasteiger partial charge is 0.497 e. The molecule has 5 rings (SSSR count). The van der Waals surface area contributed by atoms with E-state index in [-0.39, 0.29) is 0 Å². The van der Waals surface area contributed by atoms with E-state index in [1.54, 1.807) is 7.11 Å². The zero-order valence-electron chi connectivity index (χ0n) is 19.7. The molecule has 0 unspecified atom stereocenters. The van der Waals surface area contributed by atoms with E-state index < -0.39 is 0 Å². The molecule has 3 heterocycles. The number of anilines is 2. The molecule has 10 nitrogen and oxygen atoms in total. The SMILES string of the molecule is COc1ccc2c(c1)CC/C2=N\Nc1cc(N2CCOCC2)nc(OCCN2CCOCC2)n1. The van der Waals surface area contributed by atoms with Gasteiger partial charge in [-0.15, -0.1) is 0 Å². The maximum atomic E-state index is 5.97. The summed E-state index contributed by atoms with van der Waals surface area (Å²) in [4.78, 5) is 13.8. The molecule has 3 aliphatic rings. The number of benzene rings is 1. The minimum atomic E-state index is 0.358. The van der Waals surface area contributed by atoms with E-state index in [1.165, 1.54) is 5.56 Å². The number of aryl methyl sites for hydroxylation is 1. The lowest BCUT2D eigenvalue weighted by atomic mass is 10.1. The van der Waals surface area contributed by atoms with Crippen LogP contribution in [0.2, 0.25) is 0 Å². The second-order valence-corrected chi connectivity index (χ2v) is 8.49. The summed E-state index contributed by atoms with van der Waals surface area (Å²) in [6.45, 7) is 7.67. The molecule has 2 aromatic rings. The lowest BCUT2D eigenvalue weighted by Crippen LogP contribution is -2.39. The first-order valence-electron chi connectivity index (χ1n) is 11.9. The highest BCUT2D eigenvalue weighted by atomic mass is 16.5. The van der Waals surface area contributed by atoms with Crippen LogP contribution in [0.4, 0.5) is 11.6 Å². The molecule has 2 saturated heterocycles. The second-order valence-electron chi connectivity index (χ2n) is 8.49. The van der Waals surface area contributed by atoms with E-state index in [1.807, 2.05) is 12.1 Å². The predicted octanol–water partition coefficient (Wildman–Crippen LogP) is 1.80. The number of rotatable bonds is 8. The standard InChI is InChI=1S/C24H32N6O4/c1-31-19-3-4-20-18(16-19)2-5-21(20)27-28-22-17-23(30-9-13-33-14-10-30)26-24(25-22)34-15-8-29-6-11-32-12-7-29/h3-4,16-17H,2,5-15H2,1H3,(H,25,26,28)/b27-21+. The first kappa shape index (κ1) is 22.8. The monoisotopic (exact) mass is 468 g/mol. The summed E-state index contributed by atoms with van der Waals surface area (Å²) in [5, 5.41) is 4.69. The van der Waals surface area contributed by atoms with Crippen molar-refractivity contribution in [1.82, 2.24) is 14.9 Å². The molecule has 2 aliphatic heterocycles. The third-order valence-corrected chi connectivity index (χ3v) is 6.33. The molecule has 1 N–H and O–H groups in total. The Balaban J connectivity index is 1.30. The van der Waals surface area contributed by atoms with Crippen molar-refractivity contribution in [3.8, 4) is 11.8 Å². The van der Waals surface area contributed by atoms with Gasteiger partial charge >= 0.3 is 6.01 Å². The highest BCUT2D eigenvalue weighted by Gasteiger charge is 2.20. The third kappa shape index (κ3) is 5.57.